The van der Waals surface area contributed by atoms with Crippen molar-refractivity contribution in [2.45, 2.75) is 0 Å². The van der Waals surface area contributed by atoms with Crippen molar-refractivity contribution >= 4 is 27.4 Å². The number of anilines is 1. The fourth-order valence-electron chi connectivity index (χ4n) is 1.71. The predicted octanol–water partition coefficient (Wildman–Crippen LogP) is 3.41. The summed E-state index contributed by atoms with van der Waals surface area (Å²) in [6.07, 6.45) is 0. The molecule has 0 radical (unpaired) electrons. The fourth-order valence-corrected chi connectivity index (χ4v) is 2.05. The van der Waals surface area contributed by atoms with Crippen molar-refractivity contribution in [1.29, 1.82) is 0 Å². The molecule has 0 fully saturated rings. The molecule has 0 spiro atoms. The first-order valence-corrected chi connectivity index (χ1v) is 6.25. The maximum Gasteiger partial charge on any atom is 0.196 e. The number of carbonyl (C=O) groups is 1. The number of methoxy groups -OCH3 is 1. The Kier molecular flexibility index (Phi) is 3.85. The first-order chi connectivity index (χ1) is 9.02. The number of ether oxygens (including phenoxy) is 1. The number of nitrogen functional groups attached to an aromatic ring is 1. The molecule has 2 rings (SSSR count). The van der Waals surface area contributed by atoms with Gasteiger partial charge in [0.15, 0.2) is 5.78 Å². The molecule has 98 valence electrons. The van der Waals surface area contributed by atoms with Gasteiger partial charge in [-0.1, -0.05) is 12.1 Å². The minimum atomic E-state index is -0.485. The predicted molar refractivity (Wildman–Crippen MR) is 74.9 cm³/mol. The normalized spacial score (nSPS) is 10.3. The number of carbonyl (C=O) groups excluding carboxylic acids is 1. The van der Waals surface area contributed by atoms with E-state index >= 15 is 0 Å². The molecule has 0 saturated heterocycles. The molecule has 19 heavy (non-hydrogen) atoms. The Bertz CT molecular complexity index is 643. The van der Waals surface area contributed by atoms with Gasteiger partial charge in [0.1, 0.15) is 11.6 Å². The zero-order valence-corrected chi connectivity index (χ0v) is 11.7. The summed E-state index contributed by atoms with van der Waals surface area (Å²) in [4.78, 5) is 12.4. The lowest BCUT2D eigenvalue weighted by molar-refractivity contribution is 0.103. The zero-order valence-electron chi connectivity index (χ0n) is 10.1. The average molecular weight is 324 g/mol. The molecule has 0 aliphatic rings. The third-order valence-electron chi connectivity index (χ3n) is 2.64. The Morgan fingerprint density at radius 2 is 2.05 bits per heavy atom. The first-order valence-electron chi connectivity index (χ1n) is 5.46. The molecular weight excluding hydrogens is 313 g/mol. The maximum atomic E-state index is 13.4. The van der Waals surface area contributed by atoms with Crippen molar-refractivity contribution < 1.29 is 13.9 Å². The van der Waals surface area contributed by atoms with Crippen LogP contribution in [0, 0.1) is 5.82 Å². The van der Waals surface area contributed by atoms with E-state index in [1.807, 2.05) is 0 Å². The smallest absolute Gasteiger partial charge is 0.196 e. The van der Waals surface area contributed by atoms with Crippen LogP contribution in [0.5, 0.6) is 5.75 Å². The highest BCUT2D eigenvalue weighted by atomic mass is 79.9. The second-order valence-corrected chi connectivity index (χ2v) is 4.78. The molecule has 0 amide bonds. The van der Waals surface area contributed by atoms with Gasteiger partial charge in [0.2, 0.25) is 0 Å². The van der Waals surface area contributed by atoms with E-state index in [-0.39, 0.29) is 21.6 Å². The van der Waals surface area contributed by atoms with Gasteiger partial charge in [-0.25, -0.2) is 4.39 Å². The van der Waals surface area contributed by atoms with Crippen molar-refractivity contribution in [3.63, 3.8) is 0 Å². The second kappa shape index (κ2) is 5.40. The number of rotatable bonds is 3. The van der Waals surface area contributed by atoms with Crippen LogP contribution in [0.3, 0.4) is 0 Å². The topological polar surface area (TPSA) is 52.3 Å². The summed E-state index contributed by atoms with van der Waals surface area (Å²) in [6, 6.07) is 9.17. The van der Waals surface area contributed by atoms with Gasteiger partial charge in [-0.3, -0.25) is 4.79 Å². The Hall–Kier alpha value is -1.88. The van der Waals surface area contributed by atoms with Gasteiger partial charge >= 0.3 is 0 Å². The van der Waals surface area contributed by atoms with Crippen LogP contribution in [-0.4, -0.2) is 12.9 Å². The highest BCUT2D eigenvalue weighted by molar-refractivity contribution is 9.10. The number of halogens is 2. The molecule has 0 aliphatic carbocycles. The van der Waals surface area contributed by atoms with Crippen molar-refractivity contribution in [2.24, 2.45) is 0 Å². The van der Waals surface area contributed by atoms with Crippen molar-refractivity contribution in [3.8, 4) is 5.75 Å². The molecule has 0 heterocycles. The molecule has 0 atom stereocenters. The van der Waals surface area contributed by atoms with E-state index in [1.54, 1.807) is 24.3 Å². The van der Waals surface area contributed by atoms with Crippen LogP contribution in [0.4, 0.5) is 10.1 Å². The van der Waals surface area contributed by atoms with Gasteiger partial charge in [-0.05, 0) is 34.1 Å². The summed E-state index contributed by atoms with van der Waals surface area (Å²) in [5, 5.41) is 0. The Labute approximate surface area is 118 Å². The molecule has 0 bridgehead atoms. The van der Waals surface area contributed by atoms with Crippen LogP contribution >= 0.6 is 15.9 Å². The third-order valence-corrected chi connectivity index (χ3v) is 3.24. The molecule has 5 heteroatoms. The number of hydrogen-bond donors (Lipinski definition) is 1. The molecule has 0 aliphatic heterocycles. The Morgan fingerprint density at radius 1 is 1.32 bits per heavy atom. The number of nitrogens with two attached hydrogens (primary N) is 1. The monoisotopic (exact) mass is 323 g/mol. The van der Waals surface area contributed by atoms with E-state index in [0.717, 1.165) is 0 Å². The minimum absolute atomic E-state index is 0.188. The molecule has 2 aromatic rings. The van der Waals surface area contributed by atoms with Crippen LogP contribution in [0.15, 0.2) is 40.9 Å². The highest BCUT2D eigenvalue weighted by Crippen LogP contribution is 2.28. The van der Waals surface area contributed by atoms with Gasteiger partial charge in [0.25, 0.3) is 0 Å². The Morgan fingerprint density at radius 3 is 2.68 bits per heavy atom. The lowest BCUT2D eigenvalue weighted by Crippen LogP contribution is -2.05. The van der Waals surface area contributed by atoms with Crippen LogP contribution in [0.1, 0.15) is 15.9 Å². The van der Waals surface area contributed by atoms with Crippen LogP contribution in [0.2, 0.25) is 0 Å². The summed E-state index contributed by atoms with van der Waals surface area (Å²) in [6.45, 7) is 0. The molecule has 2 N–H and O–H groups in total. The average Bonchev–Trinajstić information content (AvgIpc) is 2.40. The van der Waals surface area contributed by atoms with E-state index in [4.69, 9.17) is 10.5 Å². The van der Waals surface area contributed by atoms with E-state index in [0.29, 0.717) is 11.3 Å². The largest absolute Gasteiger partial charge is 0.496 e. The molecule has 0 aromatic heterocycles. The van der Waals surface area contributed by atoms with Crippen LogP contribution in [-0.2, 0) is 0 Å². The number of ketones is 1. The van der Waals surface area contributed by atoms with Crippen molar-refractivity contribution in [1.82, 2.24) is 0 Å². The first kappa shape index (κ1) is 13.5. The summed E-state index contributed by atoms with van der Waals surface area (Å²) >= 11 is 3.06. The molecule has 3 nitrogen and oxygen atoms in total. The quantitative estimate of drug-likeness (QED) is 0.695. The molecular formula is C14H11BrFNO2. The van der Waals surface area contributed by atoms with E-state index in [1.165, 1.54) is 19.2 Å². The van der Waals surface area contributed by atoms with E-state index < -0.39 is 5.82 Å². The van der Waals surface area contributed by atoms with Crippen molar-refractivity contribution in [3.05, 3.63) is 57.8 Å². The molecule has 0 saturated carbocycles. The summed E-state index contributed by atoms with van der Waals surface area (Å²) in [5.74, 6) is -0.570. The second-order valence-electron chi connectivity index (χ2n) is 3.92. The SMILES string of the molecule is COc1cc(F)c(Br)cc1C(=O)c1cccc(N)c1. The molecule has 0 unspecified atom stereocenters. The van der Waals surface area contributed by atoms with Gasteiger partial charge in [0, 0.05) is 17.3 Å². The number of benzene rings is 2. The van der Waals surface area contributed by atoms with Gasteiger partial charge in [0.05, 0.1) is 17.1 Å². The van der Waals surface area contributed by atoms with Gasteiger partial charge in [-0.2, -0.15) is 0 Å². The summed E-state index contributed by atoms with van der Waals surface area (Å²) in [7, 11) is 1.39. The summed E-state index contributed by atoms with van der Waals surface area (Å²) in [5.41, 5.74) is 6.84. The van der Waals surface area contributed by atoms with Gasteiger partial charge in [-0.15, -0.1) is 0 Å². The van der Waals surface area contributed by atoms with Crippen molar-refractivity contribution in [2.75, 3.05) is 12.8 Å². The fraction of sp³-hybridized carbons (Fsp3) is 0.0714. The lowest BCUT2D eigenvalue weighted by atomic mass is 10.0. The third kappa shape index (κ3) is 2.76. The van der Waals surface area contributed by atoms with E-state index in [9.17, 15) is 9.18 Å². The Balaban J connectivity index is 2.52. The maximum absolute atomic E-state index is 13.4. The number of hydrogen-bond acceptors (Lipinski definition) is 3. The standard InChI is InChI=1S/C14H11BrFNO2/c1-19-13-7-12(16)11(15)6-10(13)14(18)8-3-2-4-9(17)5-8/h2-7H,17H2,1H3. The van der Waals surface area contributed by atoms with Crippen LogP contribution in [0.25, 0.3) is 0 Å². The lowest BCUT2D eigenvalue weighted by Gasteiger charge is -2.09. The molecule has 2 aromatic carbocycles. The van der Waals surface area contributed by atoms with Gasteiger partial charge < -0.3 is 10.5 Å². The van der Waals surface area contributed by atoms with Crippen LogP contribution < -0.4 is 10.5 Å². The minimum Gasteiger partial charge on any atom is -0.496 e. The van der Waals surface area contributed by atoms with E-state index in [2.05, 4.69) is 15.9 Å². The summed E-state index contributed by atoms with van der Waals surface area (Å²) < 4.78 is 18.7. The highest BCUT2D eigenvalue weighted by Gasteiger charge is 2.17. The zero-order chi connectivity index (χ0) is 14.0.